The monoisotopic (exact) mass is 741 g/mol. The quantitative estimate of drug-likeness (QED) is 0.149. The van der Waals surface area contributed by atoms with Gasteiger partial charge in [-0.1, -0.05) is 50.2 Å². The van der Waals surface area contributed by atoms with E-state index in [2.05, 4.69) is 0 Å². The van der Waals surface area contributed by atoms with Crippen LogP contribution in [0.5, 0.6) is 17.2 Å². The van der Waals surface area contributed by atoms with E-state index in [9.17, 15) is 45.2 Å². The number of carbonyl (C=O) groups excluding carboxylic acids is 2. The highest BCUT2D eigenvalue weighted by atomic mass is 16.7. The van der Waals surface area contributed by atoms with Crippen LogP contribution >= 0.6 is 0 Å². The van der Waals surface area contributed by atoms with Crippen LogP contribution in [0.15, 0.2) is 60.7 Å². The lowest BCUT2D eigenvalue weighted by Gasteiger charge is -2.39. The second kappa shape index (κ2) is 17.2. The molecule has 7 atom stereocenters. The zero-order valence-electron chi connectivity index (χ0n) is 29.3. The summed E-state index contributed by atoms with van der Waals surface area (Å²) in [5.74, 6) is -0.365. The largest absolute Gasteiger partial charge is 0.493 e. The summed E-state index contributed by atoms with van der Waals surface area (Å²) in [5.41, 5.74) is 0.469. The van der Waals surface area contributed by atoms with Crippen LogP contribution < -0.4 is 19.1 Å². The highest BCUT2D eigenvalue weighted by molar-refractivity contribution is 6.06. The average Bonchev–Trinajstić information content (AvgIpc) is 3.65. The number of amides is 2. The Labute approximate surface area is 304 Å². The van der Waals surface area contributed by atoms with Gasteiger partial charge in [-0.3, -0.25) is 14.9 Å². The van der Waals surface area contributed by atoms with Crippen molar-refractivity contribution in [3.8, 4) is 17.2 Å². The number of nitro benzene ring substituents is 1. The Kier molecular flexibility index (Phi) is 12.7. The van der Waals surface area contributed by atoms with Crippen molar-refractivity contribution in [1.82, 2.24) is 4.90 Å². The summed E-state index contributed by atoms with van der Waals surface area (Å²) in [5, 5.41) is 63.4. The van der Waals surface area contributed by atoms with Crippen LogP contribution in [0.3, 0.4) is 0 Å². The van der Waals surface area contributed by atoms with Gasteiger partial charge in [0.05, 0.1) is 35.9 Å². The third-order valence-electron chi connectivity index (χ3n) is 9.05. The topological polar surface area (TPSA) is 231 Å². The Morgan fingerprint density at radius 2 is 1.68 bits per heavy atom. The molecule has 2 fully saturated rings. The molecule has 0 radical (unpaired) electrons. The maximum atomic E-state index is 13.8. The van der Waals surface area contributed by atoms with Crippen LogP contribution in [-0.4, -0.2) is 111 Å². The van der Waals surface area contributed by atoms with E-state index >= 15 is 0 Å². The Balaban J connectivity index is 0.00000266. The number of carbonyl (C=O) groups is 2. The summed E-state index contributed by atoms with van der Waals surface area (Å²) in [6.07, 6.45) is -9.75. The van der Waals surface area contributed by atoms with Gasteiger partial charge in [0.2, 0.25) is 6.29 Å². The SMILES string of the molecule is CC.COc1cc2c(cc1OCc1ccccc1)N(C(=O)OCc1ccc(OC3OC(CO)C(O)C(O)C3O)c([N+](=O)[O-])c1)C(O)C1CCCN1C2=O. The molecule has 286 valence electrons. The van der Waals surface area contributed by atoms with E-state index in [1.54, 1.807) is 0 Å². The Morgan fingerprint density at radius 3 is 2.36 bits per heavy atom. The molecule has 3 heterocycles. The van der Waals surface area contributed by atoms with Crippen molar-refractivity contribution < 1.29 is 63.7 Å². The maximum Gasteiger partial charge on any atom is 0.416 e. The second-order valence-corrected chi connectivity index (χ2v) is 12.2. The zero-order valence-corrected chi connectivity index (χ0v) is 29.3. The van der Waals surface area contributed by atoms with Crippen LogP contribution in [0, 0.1) is 10.1 Å². The van der Waals surface area contributed by atoms with Crippen LogP contribution in [0.1, 0.15) is 48.2 Å². The van der Waals surface area contributed by atoms with Gasteiger partial charge in [0.1, 0.15) is 37.6 Å². The third-order valence-corrected chi connectivity index (χ3v) is 9.05. The average molecular weight is 742 g/mol. The molecule has 2 saturated heterocycles. The lowest BCUT2D eigenvalue weighted by atomic mass is 9.99. The number of aliphatic hydroxyl groups excluding tert-OH is 5. The van der Waals surface area contributed by atoms with Gasteiger partial charge < -0.3 is 54.1 Å². The smallest absolute Gasteiger partial charge is 0.416 e. The van der Waals surface area contributed by atoms with Gasteiger partial charge in [0.25, 0.3) is 5.91 Å². The summed E-state index contributed by atoms with van der Waals surface area (Å²) in [4.78, 5) is 41.2. The molecule has 7 unspecified atom stereocenters. The number of anilines is 1. The zero-order chi connectivity index (χ0) is 38.4. The molecule has 3 aliphatic heterocycles. The fraction of sp³-hybridized carbons (Fsp3) is 0.444. The molecule has 17 nitrogen and oxygen atoms in total. The summed E-state index contributed by atoms with van der Waals surface area (Å²) < 4.78 is 27.9. The Hall–Kier alpha value is -5.04. The van der Waals surface area contributed by atoms with E-state index in [1.165, 1.54) is 30.2 Å². The molecule has 3 aromatic carbocycles. The van der Waals surface area contributed by atoms with E-state index in [4.69, 9.17) is 23.7 Å². The first kappa shape index (κ1) is 39.2. The number of fused-ring (bicyclic) bond motifs is 2. The van der Waals surface area contributed by atoms with E-state index in [-0.39, 0.29) is 40.7 Å². The van der Waals surface area contributed by atoms with Crippen LogP contribution in [0.2, 0.25) is 0 Å². The van der Waals surface area contributed by atoms with Gasteiger partial charge >= 0.3 is 11.8 Å². The molecule has 0 aliphatic carbocycles. The molecule has 3 aliphatic rings. The normalized spacial score (nSPS) is 24.9. The summed E-state index contributed by atoms with van der Waals surface area (Å²) in [6.45, 7) is 3.27. The Bertz CT molecular complexity index is 1760. The predicted molar refractivity (Wildman–Crippen MR) is 185 cm³/mol. The van der Waals surface area contributed by atoms with E-state index in [0.717, 1.165) is 22.6 Å². The molecule has 0 bridgehead atoms. The van der Waals surface area contributed by atoms with Gasteiger partial charge in [-0.15, -0.1) is 0 Å². The maximum absolute atomic E-state index is 13.8. The molecule has 53 heavy (non-hydrogen) atoms. The fourth-order valence-electron chi connectivity index (χ4n) is 6.36. The molecule has 17 heteroatoms. The molecule has 6 rings (SSSR count). The van der Waals surface area contributed by atoms with Gasteiger partial charge in [-0.25, -0.2) is 9.69 Å². The standard InChI is InChI=1S/C34H37N3O14.C2H6/c1-47-25-13-20-22(14-26(25)48-16-18-6-3-2-4-7-18)36(32(43)21-8-5-11-35(21)31(20)42)34(44)49-17-19-9-10-24(23(12-19)37(45)46)50-33-30(41)29(40)28(39)27(15-38)51-33;1-2/h2-4,6-7,9-10,12-14,21,27-30,32-33,38-41,43H,5,8,11,15-17H2,1H3;1-2H3. The van der Waals surface area contributed by atoms with Crippen molar-refractivity contribution in [2.75, 3.05) is 25.2 Å². The van der Waals surface area contributed by atoms with E-state index in [1.807, 2.05) is 44.2 Å². The van der Waals surface area contributed by atoms with Crippen molar-refractivity contribution >= 4 is 23.4 Å². The molecule has 5 N–H and O–H groups in total. The number of benzene rings is 3. The van der Waals surface area contributed by atoms with Crippen molar-refractivity contribution in [3.05, 3.63) is 87.5 Å². The number of nitro groups is 1. The molecule has 2 amide bonds. The first-order valence-electron chi connectivity index (χ1n) is 17.1. The molecule has 0 spiro atoms. The van der Waals surface area contributed by atoms with Crippen molar-refractivity contribution in [3.63, 3.8) is 0 Å². The first-order valence-corrected chi connectivity index (χ1v) is 17.1. The van der Waals surface area contributed by atoms with Crippen LogP contribution in [0.4, 0.5) is 16.2 Å². The van der Waals surface area contributed by atoms with Crippen molar-refractivity contribution in [2.45, 2.75) is 82.9 Å². The lowest BCUT2D eigenvalue weighted by Crippen LogP contribution is -2.60. The summed E-state index contributed by atoms with van der Waals surface area (Å²) >= 11 is 0. The summed E-state index contributed by atoms with van der Waals surface area (Å²) in [7, 11) is 1.41. The van der Waals surface area contributed by atoms with Crippen LogP contribution in [0.25, 0.3) is 0 Å². The van der Waals surface area contributed by atoms with Gasteiger partial charge in [0, 0.05) is 18.7 Å². The molecular weight excluding hydrogens is 698 g/mol. The van der Waals surface area contributed by atoms with E-state index in [0.29, 0.717) is 19.4 Å². The second-order valence-electron chi connectivity index (χ2n) is 12.2. The minimum absolute atomic E-state index is 0.0185. The van der Waals surface area contributed by atoms with Gasteiger partial charge in [-0.2, -0.15) is 0 Å². The summed E-state index contributed by atoms with van der Waals surface area (Å²) in [6, 6.07) is 15.0. The molecule has 0 saturated carbocycles. The van der Waals surface area contributed by atoms with Gasteiger partial charge in [0.15, 0.2) is 23.5 Å². The highest BCUT2D eigenvalue weighted by Crippen LogP contribution is 2.42. The van der Waals surface area contributed by atoms with Crippen molar-refractivity contribution in [2.24, 2.45) is 0 Å². The number of methoxy groups -OCH3 is 1. The van der Waals surface area contributed by atoms with Gasteiger partial charge in [-0.05, 0) is 36.1 Å². The lowest BCUT2D eigenvalue weighted by molar-refractivity contribution is -0.387. The number of aliphatic hydroxyl groups is 5. The Morgan fingerprint density at radius 1 is 0.943 bits per heavy atom. The fourth-order valence-corrected chi connectivity index (χ4v) is 6.36. The molecular formula is C36H43N3O14. The third kappa shape index (κ3) is 8.14. The molecule has 0 aromatic heterocycles. The first-order chi connectivity index (χ1) is 25.5. The van der Waals surface area contributed by atoms with Crippen molar-refractivity contribution in [1.29, 1.82) is 0 Å². The number of rotatable bonds is 10. The minimum atomic E-state index is -1.81. The highest BCUT2D eigenvalue weighted by Gasteiger charge is 2.47. The number of nitrogens with zero attached hydrogens (tertiary/aromatic N) is 3. The predicted octanol–water partition coefficient (Wildman–Crippen LogP) is 2.47. The number of ether oxygens (including phenoxy) is 5. The van der Waals surface area contributed by atoms with E-state index < -0.39 is 78.8 Å². The molecule has 3 aromatic rings. The minimum Gasteiger partial charge on any atom is -0.493 e. The number of hydrogen-bond donors (Lipinski definition) is 5. The number of hydrogen-bond acceptors (Lipinski definition) is 14. The van der Waals surface area contributed by atoms with Crippen LogP contribution in [-0.2, 0) is 22.7 Å².